The number of rotatable bonds is 10. The van der Waals surface area contributed by atoms with Crippen molar-refractivity contribution < 1.29 is 19.7 Å². The van der Waals surface area contributed by atoms with E-state index in [1.165, 1.54) is 0 Å². The molecule has 0 aromatic heterocycles. The zero-order valence-electron chi connectivity index (χ0n) is 13.3. The molecule has 0 fully saturated rings. The topological polar surface area (TPSA) is 66.8 Å². The fourth-order valence-corrected chi connectivity index (χ4v) is 2.20. The van der Waals surface area contributed by atoms with Gasteiger partial charge >= 0.3 is 5.97 Å². The number of unbranched alkanes of at least 4 members (excludes halogenated alkanes) is 1. The molecule has 0 aromatic carbocycles. The van der Waals surface area contributed by atoms with Crippen molar-refractivity contribution in [3.63, 3.8) is 0 Å². The summed E-state index contributed by atoms with van der Waals surface area (Å²) in [6, 6.07) is 0. The van der Waals surface area contributed by atoms with Gasteiger partial charge in [0.2, 0.25) is 0 Å². The van der Waals surface area contributed by atoms with Crippen LogP contribution in [0.25, 0.3) is 0 Å². The molecule has 0 aliphatic rings. The van der Waals surface area contributed by atoms with Crippen LogP contribution in [0.5, 0.6) is 0 Å². The van der Waals surface area contributed by atoms with Crippen LogP contribution in [0.2, 0.25) is 0 Å². The monoisotopic (exact) mass is 286 g/mol. The van der Waals surface area contributed by atoms with Gasteiger partial charge in [0.05, 0.1) is 24.7 Å². The largest absolute Gasteiger partial charge is 0.466 e. The lowest BCUT2D eigenvalue weighted by atomic mass is 9.84. The van der Waals surface area contributed by atoms with Gasteiger partial charge in [-0.3, -0.25) is 4.79 Å². The minimum Gasteiger partial charge on any atom is -0.466 e. The predicted octanol–water partition coefficient (Wildman–Crippen LogP) is 2.97. The molecule has 0 heterocycles. The Morgan fingerprint density at radius 2 is 2.00 bits per heavy atom. The Balaban J connectivity index is 4.62. The van der Waals surface area contributed by atoms with E-state index in [0.717, 1.165) is 12.8 Å². The Bertz CT molecular complexity index is 312. The average molecular weight is 286 g/mol. The van der Waals surface area contributed by atoms with Crippen LogP contribution in [0.4, 0.5) is 0 Å². The minimum atomic E-state index is -0.876. The summed E-state index contributed by atoms with van der Waals surface area (Å²) in [6.07, 6.45) is 4.59. The van der Waals surface area contributed by atoms with E-state index in [2.05, 4.69) is 6.92 Å². The van der Waals surface area contributed by atoms with Gasteiger partial charge in [-0.1, -0.05) is 32.8 Å². The van der Waals surface area contributed by atoms with Crippen molar-refractivity contribution in [3.05, 3.63) is 11.6 Å². The lowest BCUT2D eigenvalue weighted by Gasteiger charge is -2.29. The number of aliphatic hydroxyl groups is 2. The molecule has 2 atom stereocenters. The fourth-order valence-electron chi connectivity index (χ4n) is 2.20. The number of carbonyl (C=O) groups excluding carboxylic acids is 1. The van der Waals surface area contributed by atoms with E-state index in [9.17, 15) is 15.0 Å². The molecule has 0 radical (unpaired) electrons. The Kier molecular flexibility index (Phi) is 9.51. The van der Waals surface area contributed by atoms with Crippen LogP contribution in [0.3, 0.4) is 0 Å². The Labute approximate surface area is 122 Å². The highest BCUT2D eigenvalue weighted by molar-refractivity contribution is 5.70. The molecule has 0 spiro atoms. The number of ether oxygens (including phenoxy) is 1. The SMILES string of the molecule is C/C=C(/CC(O)(CC)CCCC)C(O)CC(=O)OCC. The maximum absolute atomic E-state index is 11.4. The highest BCUT2D eigenvalue weighted by atomic mass is 16.5. The third-order valence-electron chi connectivity index (χ3n) is 3.65. The molecule has 0 amide bonds. The number of carbonyl (C=O) groups is 1. The quantitative estimate of drug-likeness (QED) is 0.478. The lowest BCUT2D eigenvalue weighted by molar-refractivity contribution is -0.144. The second kappa shape index (κ2) is 9.94. The first-order chi connectivity index (χ1) is 9.42. The molecule has 0 saturated heterocycles. The first kappa shape index (κ1) is 19.1. The second-order valence-corrected chi connectivity index (χ2v) is 5.25. The molecular weight excluding hydrogens is 256 g/mol. The van der Waals surface area contributed by atoms with Crippen molar-refractivity contribution in [2.75, 3.05) is 6.61 Å². The van der Waals surface area contributed by atoms with Crippen LogP contribution >= 0.6 is 0 Å². The molecule has 0 aliphatic heterocycles. The highest BCUT2D eigenvalue weighted by Gasteiger charge is 2.28. The first-order valence-corrected chi connectivity index (χ1v) is 7.63. The predicted molar refractivity (Wildman–Crippen MR) is 80.4 cm³/mol. The summed E-state index contributed by atoms with van der Waals surface area (Å²) in [4.78, 5) is 11.4. The van der Waals surface area contributed by atoms with Gasteiger partial charge in [0.15, 0.2) is 0 Å². The van der Waals surface area contributed by atoms with Crippen molar-refractivity contribution in [1.29, 1.82) is 0 Å². The van der Waals surface area contributed by atoms with Crippen molar-refractivity contribution >= 4 is 5.97 Å². The van der Waals surface area contributed by atoms with Crippen LogP contribution in [0.1, 0.15) is 66.2 Å². The van der Waals surface area contributed by atoms with E-state index in [1.54, 1.807) is 13.0 Å². The molecule has 2 unspecified atom stereocenters. The van der Waals surface area contributed by atoms with Crippen molar-refractivity contribution in [2.24, 2.45) is 0 Å². The summed E-state index contributed by atoms with van der Waals surface area (Å²) in [7, 11) is 0. The highest BCUT2D eigenvalue weighted by Crippen LogP contribution is 2.28. The molecule has 4 heteroatoms. The molecule has 4 nitrogen and oxygen atoms in total. The summed E-state index contributed by atoms with van der Waals surface area (Å²) in [6.45, 7) is 7.90. The van der Waals surface area contributed by atoms with Crippen LogP contribution in [0, 0.1) is 0 Å². The molecule has 0 bridgehead atoms. The molecule has 20 heavy (non-hydrogen) atoms. The maximum Gasteiger partial charge on any atom is 0.308 e. The van der Waals surface area contributed by atoms with Crippen molar-refractivity contribution in [1.82, 2.24) is 0 Å². The smallest absolute Gasteiger partial charge is 0.308 e. The molecule has 0 aliphatic carbocycles. The summed E-state index contributed by atoms with van der Waals surface area (Å²) in [5.41, 5.74) is -0.0912. The Morgan fingerprint density at radius 1 is 1.35 bits per heavy atom. The van der Waals surface area contributed by atoms with E-state index in [4.69, 9.17) is 4.74 Å². The van der Waals surface area contributed by atoms with Gasteiger partial charge in [-0.05, 0) is 38.7 Å². The number of hydrogen-bond donors (Lipinski definition) is 2. The van der Waals surface area contributed by atoms with Crippen LogP contribution in [-0.2, 0) is 9.53 Å². The van der Waals surface area contributed by atoms with E-state index in [1.807, 2.05) is 13.8 Å². The maximum atomic E-state index is 11.4. The third kappa shape index (κ3) is 7.06. The molecule has 0 saturated carbocycles. The zero-order valence-corrected chi connectivity index (χ0v) is 13.3. The van der Waals surface area contributed by atoms with Gasteiger partial charge in [0, 0.05) is 0 Å². The minimum absolute atomic E-state index is 0.0545. The number of hydrogen-bond acceptors (Lipinski definition) is 4. The molecular formula is C16H30O4. The van der Waals surface area contributed by atoms with Crippen molar-refractivity contribution in [3.8, 4) is 0 Å². The Hall–Kier alpha value is -0.870. The van der Waals surface area contributed by atoms with Gasteiger partial charge in [0.25, 0.3) is 0 Å². The van der Waals surface area contributed by atoms with Crippen LogP contribution in [0.15, 0.2) is 11.6 Å². The Morgan fingerprint density at radius 3 is 2.45 bits per heavy atom. The molecule has 118 valence electrons. The normalized spacial score (nSPS) is 16.6. The van der Waals surface area contributed by atoms with Crippen LogP contribution in [-0.4, -0.2) is 34.5 Å². The van der Waals surface area contributed by atoms with Gasteiger partial charge in [-0.15, -0.1) is 0 Å². The molecule has 2 N–H and O–H groups in total. The van der Waals surface area contributed by atoms with Gasteiger partial charge < -0.3 is 14.9 Å². The van der Waals surface area contributed by atoms with Crippen molar-refractivity contribution in [2.45, 2.75) is 77.9 Å². The molecule has 0 aromatic rings. The van der Waals surface area contributed by atoms with Gasteiger partial charge in [-0.2, -0.15) is 0 Å². The first-order valence-electron chi connectivity index (χ1n) is 7.63. The van der Waals surface area contributed by atoms with Gasteiger partial charge in [0.1, 0.15) is 0 Å². The number of esters is 1. The van der Waals surface area contributed by atoms with E-state index < -0.39 is 17.7 Å². The third-order valence-corrected chi connectivity index (χ3v) is 3.65. The summed E-state index contributed by atoms with van der Waals surface area (Å²) in [5, 5.41) is 20.7. The average Bonchev–Trinajstić information content (AvgIpc) is 2.42. The summed E-state index contributed by atoms with van der Waals surface area (Å²) >= 11 is 0. The van der Waals surface area contributed by atoms with E-state index in [-0.39, 0.29) is 6.42 Å². The van der Waals surface area contributed by atoms with E-state index >= 15 is 0 Å². The second-order valence-electron chi connectivity index (χ2n) is 5.25. The van der Waals surface area contributed by atoms with Gasteiger partial charge in [-0.25, -0.2) is 0 Å². The number of allylic oxidation sites excluding steroid dienone is 1. The number of aliphatic hydroxyl groups excluding tert-OH is 1. The van der Waals surface area contributed by atoms with Crippen LogP contribution < -0.4 is 0 Å². The van der Waals surface area contributed by atoms with E-state index in [0.29, 0.717) is 31.4 Å². The standard InChI is InChI=1S/C16H30O4/c1-5-9-10-16(19,7-3)12-13(6-2)14(17)11-15(18)20-8-4/h6,14,17,19H,5,7-12H2,1-4H3/b13-6-. The molecule has 0 rings (SSSR count). The summed E-state index contributed by atoms with van der Waals surface area (Å²) in [5.74, 6) is -0.409. The lowest BCUT2D eigenvalue weighted by Crippen LogP contribution is -2.31. The summed E-state index contributed by atoms with van der Waals surface area (Å²) < 4.78 is 4.84. The fraction of sp³-hybridized carbons (Fsp3) is 0.812. The zero-order chi connectivity index (χ0) is 15.6.